The maximum atomic E-state index is 6.22. The van der Waals surface area contributed by atoms with Crippen molar-refractivity contribution in [3.05, 3.63) is 16.6 Å². The Bertz CT molecular complexity index is 292. The van der Waals surface area contributed by atoms with E-state index >= 15 is 0 Å². The molecular formula is C12H22N2OS. The summed E-state index contributed by atoms with van der Waals surface area (Å²) in [5.41, 5.74) is 6.29. The molecule has 1 aromatic rings. The Labute approximate surface area is 102 Å². The van der Waals surface area contributed by atoms with Crippen molar-refractivity contribution in [3.63, 3.8) is 0 Å². The van der Waals surface area contributed by atoms with Gasteiger partial charge in [0.05, 0.1) is 11.1 Å². The van der Waals surface area contributed by atoms with Crippen molar-refractivity contribution >= 4 is 11.3 Å². The zero-order valence-corrected chi connectivity index (χ0v) is 11.4. The lowest BCUT2D eigenvalue weighted by Gasteiger charge is -2.34. The summed E-state index contributed by atoms with van der Waals surface area (Å²) in [5.74, 6) is 0. The van der Waals surface area contributed by atoms with Crippen LogP contribution in [0.5, 0.6) is 0 Å². The van der Waals surface area contributed by atoms with Crippen LogP contribution in [0.1, 0.15) is 32.7 Å². The standard InChI is InChI=1S/C12H22N2OS/c1-5-15-11(12(2,3)4)9(13)8-10-14-6-7-16-10/h6-7,9,11H,5,8,13H2,1-4H3. The third kappa shape index (κ3) is 3.85. The first-order valence-electron chi connectivity index (χ1n) is 5.70. The molecule has 0 fully saturated rings. The van der Waals surface area contributed by atoms with Gasteiger partial charge in [0.1, 0.15) is 0 Å². The molecule has 2 N–H and O–H groups in total. The minimum atomic E-state index is 0.00565. The van der Waals surface area contributed by atoms with Crippen LogP contribution in [-0.4, -0.2) is 23.7 Å². The molecule has 0 bridgehead atoms. The first kappa shape index (κ1) is 13.6. The van der Waals surface area contributed by atoms with Gasteiger partial charge in [-0.25, -0.2) is 4.98 Å². The minimum Gasteiger partial charge on any atom is -0.376 e. The summed E-state index contributed by atoms with van der Waals surface area (Å²) in [6, 6.07) is 0.00565. The van der Waals surface area contributed by atoms with E-state index in [1.807, 2.05) is 18.5 Å². The molecule has 1 heterocycles. The molecule has 0 aromatic carbocycles. The number of hydrogen-bond acceptors (Lipinski definition) is 4. The molecule has 0 aliphatic rings. The van der Waals surface area contributed by atoms with Gasteiger partial charge in [-0.2, -0.15) is 0 Å². The Morgan fingerprint density at radius 1 is 1.50 bits per heavy atom. The van der Waals surface area contributed by atoms with Crippen molar-refractivity contribution in [2.24, 2.45) is 11.1 Å². The van der Waals surface area contributed by atoms with Crippen molar-refractivity contribution in [2.45, 2.75) is 46.3 Å². The Morgan fingerprint density at radius 2 is 2.19 bits per heavy atom. The van der Waals surface area contributed by atoms with Gasteiger partial charge in [-0.1, -0.05) is 20.8 Å². The number of nitrogens with zero attached hydrogens (tertiary/aromatic N) is 1. The topological polar surface area (TPSA) is 48.1 Å². The zero-order chi connectivity index (χ0) is 12.2. The molecule has 1 aromatic heterocycles. The second kappa shape index (κ2) is 5.75. The molecule has 16 heavy (non-hydrogen) atoms. The molecule has 0 saturated carbocycles. The van der Waals surface area contributed by atoms with Gasteiger partial charge in [-0.05, 0) is 12.3 Å². The largest absolute Gasteiger partial charge is 0.376 e. The molecule has 2 atom stereocenters. The maximum absolute atomic E-state index is 6.22. The van der Waals surface area contributed by atoms with Gasteiger partial charge in [0.2, 0.25) is 0 Å². The Hall–Kier alpha value is -0.450. The summed E-state index contributed by atoms with van der Waals surface area (Å²) in [7, 11) is 0. The normalized spacial score (nSPS) is 16.1. The van der Waals surface area contributed by atoms with E-state index in [2.05, 4.69) is 25.8 Å². The van der Waals surface area contributed by atoms with Crippen LogP contribution in [0, 0.1) is 5.41 Å². The number of hydrogen-bond donors (Lipinski definition) is 1. The van der Waals surface area contributed by atoms with Crippen molar-refractivity contribution in [1.29, 1.82) is 0 Å². The van der Waals surface area contributed by atoms with Gasteiger partial charge in [0.25, 0.3) is 0 Å². The van der Waals surface area contributed by atoms with Gasteiger partial charge < -0.3 is 10.5 Å². The monoisotopic (exact) mass is 242 g/mol. The molecule has 0 aliphatic heterocycles. The van der Waals surface area contributed by atoms with Crippen LogP contribution >= 0.6 is 11.3 Å². The summed E-state index contributed by atoms with van der Waals surface area (Å²) >= 11 is 1.65. The molecule has 4 heteroatoms. The second-order valence-corrected chi connectivity index (χ2v) is 6.01. The molecule has 0 spiro atoms. The van der Waals surface area contributed by atoms with Crippen molar-refractivity contribution in [2.75, 3.05) is 6.61 Å². The second-order valence-electron chi connectivity index (χ2n) is 5.04. The molecule has 0 radical (unpaired) electrons. The third-order valence-corrected chi connectivity index (χ3v) is 3.28. The highest BCUT2D eigenvalue weighted by atomic mass is 32.1. The van der Waals surface area contributed by atoms with E-state index in [0.717, 1.165) is 11.4 Å². The first-order valence-corrected chi connectivity index (χ1v) is 6.58. The summed E-state index contributed by atoms with van der Waals surface area (Å²) in [4.78, 5) is 4.26. The van der Waals surface area contributed by atoms with Gasteiger partial charge in [-0.3, -0.25) is 0 Å². The predicted molar refractivity (Wildman–Crippen MR) is 68.7 cm³/mol. The van der Waals surface area contributed by atoms with E-state index in [0.29, 0.717) is 6.61 Å². The summed E-state index contributed by atoms with van der Waals surface area (Å²) in [5, 5.41) is 3.07. The highest BCUT2D eigenvalue weighted by Gasteiger charge is 2.31. The van der Waals surface area contributed by atoms with Gasteiger partial charge in [0, 0.05) is 30.6 Å². The maximum Gasteiger partial charge on any atom is 0.0941 e. The van der Waals surface area contributed by atoms with Crippen molar-refractivity contribution in [1.82, 2.24) is 4.98 Å². The average molecular weight is 242 g/mol. The molecule has 1 rings (SSSR count). The molecule has 2 unspecified atom stereocenters. The summed E-state index contributed by atoms with van der Waals surface area (Å²) in [6.45, 7) is 9.20. The lowest BCUT2D eigenvalue weighted by Crippen LogP contribution is -2.46. The minimum absolute atomic E-state index is 0.00565. The molecule has 0 saturated heterocycles. The summed E-state index contributed by atoms with van der Waals surface area (Å²) in [6.07, 6.45) is 2.68. The third-order valence-electron chi connectivity index (χ3n) is 2.48. The first-order chi connectivity index (χ1) is 7.45. The molecule has 92 valence electrons. The van der Waals surface area contributed by atoms with Crippen LogP contribution < -0.4 is 5.73 Å². The smallest absolute Gasteiger partial charge is 0.0941 e. The van der Waals surface area contributed by atoms with E-state index in [4.69, 9.17) is 10.5 Å². The number of aromatic nitrogens is 1. The van der Waals surface area contributed by atoms with Crippen LogP contribution in [-0.2, 0) is 11.2 Å². The number of rotatable bonds is 5. The van der Waals surface area contributed by atoms with Crippen LogP contribution in [0.4, 0.5) is 0 Å². The zero-order valence-electron chi connectivity index (χ0n) is 10.6. The predicted octanol–water partition coefficient (Wildman–Crippen LogP) is 2.46. The fourth-order valence-corrected chi connectivity index (χ4v) is 2.55. The number of ether oxygens (including phenoxy) is 1. The SMILES string of the molecule is CCOC(C(N)Cc1nccs1)C(C)(C)C. The number of thiazole rings is 1. The lowest BCUT2D eigenvalue weighted by molar-refractivity contribution is -0.0274. The van der Waals surface area contributed by atoms with Gasteiger partial charge in [-0.15, -0.1) is 11.3 Å². The van der Waals surface area contributed by atoms with E-state index in [-0.39, 0.29) is 17.6 Å². The van der Waals surface area contributed by atoms with E-state index in [9.17, 15) is 0 Å². The Morgan fingerprint density at radius 3 is 2.62 bits per heavy atom. The highest BCUT2D eigenvalue weighted by molar-refractivity contribution is 7.09. The highest BCUT2D eigenvalue weighted by Crippen LogP contribution is 2.26. The Balaban J connectivity index is 2.64. The van der Waals surface area contributed by atoms with Crippen LogP contribution in [0.25, 0.3) is 0 Å². The van der Waals surface area contributed by atoms with Crippen LogP contribution in [0.15, 0.2) is 11.6 Å². The average Bonchev–Trinajstić information content (AvgIpc) is 2.64. The molecule has 0 aliphatic carbocycles. The van der Waals surface area contributed by atoms with E-state index < -0.39 is 0 Å². The van der Waals surface area contributed by atoms with Gasteiger partial charge >= 0.3 is 0 Å². The quantitative estimate of drug-likeness (QED) is 0.863. The fraction of sp³-hybridized carbons (Fsp3) is 0.750. The summed E-state index contributed by atoms with van der Waals surface area (Å²) < 4.78 is 5.77. The van der Waals surface area contributed by atoms with E-state index in [1.54, 1.807) is 11.3 Å². The fourth-order valence-electron chi connectivity index (χ4n) is 1.86. The van der Waals surface area contributed by atoms with Crippen molar-refractivity contribution in [3.8, 4) is 0 Å². The lowest BCUT2D eigenvalue weighted by atomic mass is 9.84. The molecule has 3 nitrogen and oxygen atoms in total. The van der Waals surface area contributed by atoms with E-state index in [1.165, 1.54) is 0 Å². The van der Waals surface area contributed by atoms with Crippen LogP contribution in [0.2, 0.25) is 0 Å². The molecular weight excluding hydrogens is 220 g/mol. The number of nitrogens with two attached hydrogens (primary N) is 1. The van der Waals surface area contributed by atoms with Crippen LogP contribution in [0.3, 0.4) is 0 Å². The van der Waals surface area contributed by atoms with Crippen molar-refractivity contribution < 1.29 is 4.74 Å². The van der Waals surface area contributed by atoms with Gasteiger partial charge in [0.15, 0.2) is 0 Å². The molecule has 0 amide bonds. The Kier molecular flexibility index (Phi) is 4.89.